The molecule has 0 radical (unpaired) electrons. The molecule has 0 spiro atoms. The molecule has 2 saturated heterocycles. The van der Waals surface area contributed by atoms with Crippen LogP contribution in [0.5, 0.6) is 6.01 Å². The number of aromatic nitrogens is 3. The van der Waals surface area contributed by atoms with Gasteiger partial charge in [-0.2, -0.15) is 16.3 Å². The molecule has 130 valence electrons. The van der Waals surface area contributed by atoms with E-state index in [1.54, 1.807) is 11.3 Å². The van der Waals surface area contributed by atoms with Crippen molar-refractivity contribution in [3.05, 3.63) is 27.9 Å². The van der Waals surface area contributed by atoms with Gasteiger partial charge in [0, 0.05) is 10.9 Å². The number of rotatable bonds is 3. The summed E-state index contributed by atoms with van der Waals surface area (Å²) in [4.78, 5) is 12.2. The Morgan fingerprint density at radius 2 is 2.36 bits per heavy atom. The van der Waals surface area contributed by atoms with Crippen molar-refractivity contribution in [1.82, 2.24) is 15.0 Å². The second kappa shape index (κ2) is 5.67. The van der Waals surface area contributed by atoms with Gasteiger partial charge in [-0.15, -0.1) is 0 Å². The Morgan fingerprint density at radius 3 is 3.20 bits per heavy atom. The highest BCUT2D eigenvalue weighted by molar-refractivity contribution is 7.08. The molecule has 3 atom stereocenters. The van der Waals surface area contributed by atoms with E-state index < -0.39 is 5.60 Å². The highest BCUT2D eigenvalue weighted by atomic mass is 35.5. The zero-order valence-electron chi connectivity index (χ0n) is 13.5. The highest BCUT2D eigenvalue weighted by Crippen LogP contribution is 2.39. The molecular formula is C17H16ClN3O3S. The van der Waals surface area contributed by atoms with E-state index in [1.807, 2.05) is 29.8 Å². The van der Waals surface area contributed by atoms with Crippen LogP contribution in [0.15, 0.2) is 22.9 Å². The second-order valence-corrected chi connectivity index (χ2v) is 7.68. The molecule has 1 unspecified atom stereocenters. The van der Waals surface area contributed by atoms with Crippen LogP contribution >= 0.6 is 22.9 Å². The van der Waals surface area contributed by atoms with Gasteiger partial charge in [-0.05, 0) is 30.9 Å². The average molecular weight is 378 g/mol. The number of hydrogen-bond donors (Lipinski definition) is 1. The third-order valence-electron chi connectivity index (χ3n) is 4.97. The minimum atomic E-state index is -0.425. The van der Waals surface area contributed by atoms with Gasteiger partial charge in [-0.3, -0.25) is 0 Å². The molecular weight excluding hydrogens is 362 g/mol. The number of fused-ring (bicyclic) bond motifs is 2. The monoisotopic (exact) mass is 377 g/mol. The first-order valence-electron chi connectivity index (χ1n) is 8.14. The van der Waals surface area contributed by atoms with Crippen molar-refractivity contribution < 1.29 is 14.2 Å². The minimum absolute atomic E-state index is 0.0830. The lowest BCUT2D eigenvalue weighted by Crippen LogP contribution is -2.45. The van der Waals surface area contributed by atoms with E-state index in [4.69, 9.17) is 25.8 Å². The largest absolute Gasteiger partial charge is 0.456 e. The molecule has 6 nitrogen and oxygen atoms in total. The number of ether oxygens (including phenoxy) is 3. The summed E-state index contributed by atoms with van der Waals surface area (Å²) in [5.74, 6) is 0. The maximum absolute atomic E-state index is 6.38. The summed E-state index contributed by atoms with van der Waals surface area (Å²) < 4.78 is 17.7. The van der Waals surface area contributed by atoms with Crippen LogP contribution in [0.4, 0.5) is 0 Å². The van der Waals surface area contributed by atoms with Gasteiger partial charge in [0.25, 0.3) is 6.01 Å². The molecule has 0 bridgehead atoms. The van der Waals surface area contributed by atoms with E-state index in [9.17, 15) is 0 Å². The van der Waals surface area contributed by atoms with Gasteiger partial charge >= 0.3 is 0 Å². The fourth-order valence-electron chi connectivity index (χ4n) is 3.52. The van der Waals surface area contributed by atoms with Gasteiger partial charge < -0.3 is 19.2 Å². The van der Waals surface area contributed by atoms with E-state index in [0.29, 0.717) is 29.9 Å². The van der Waals surface area contributed by atoms with Gasteiger partial charge in [0.15, 0.2) is 11.8 Å². The van der Waals surface area contributed by atoms with Crippen molar-refractivity contribution in [3.8, 4) is 17.3 Å². The average Bonchev–Trinajstić information content (AvgIpc) is 3.32. The number of aromatic amines is 1. The van der Waals surface area contributed by atoms with Crippen LogP contribution in [-0.4, -0.2) is 46.0 Å². The molecule has 8 heteroatoms. The maximum Gasteiger partial charge on any atom is 0.296 e. The molecule has 3 aromatic rings. The zero-order chi connectivity index (χ0) is 17.0. The summed E-state index contributed by atoms with van der Waals surface area (Å²) in [7, 11) is 0. The van der Waals surface area contributed by atoms with Gasteiger partial charge in [-0.1, -0.05) is 11.6 Å². The second-order valence-electron chi connectivity index (χ2n) is 6.49. The SMILES string of the molecule is C[C@]12OCC[C@H]1OCC2Oc1nc2nc(-c3ccsc3)c(Cl)cc2[nH]1. The summed E-state index contributed by atoms with van der Waals surface area (Å²) in [5, 5.41) is 4.59. The molecule has 25 heavy (non-hydrogen) atoms. The third-order valence-corrected chi connectivity index (χ3v) is 5.95. The molecule has 2 aliphatic heterocycles. The van der Waals surface area contributed by atoms with Crippen LogP contribution < -0.4 is 4.74 Å². The smallest absolute Gasteiger partial charge is 0.296 e. The fourth-order valence-corrected chi connectivity index (χ4v) is 4.42. The summed E-state index contributed by atoms with van der Waals surface area (Å²) >= 11 is 7.99. The van der Waals surface area contributed by atoms with Crippen LogP contribution in [0.2, 0.25) is 5.02 Å². The van der Waals surface area contributed by atoms with Gasteiger partial charge in [0.2, 0.25) is 0 Å². The van der Waals surface area contributed by atoms with Crippen molar-refractivity contribution in [1.29, 1.82) is 0 Å². The van der Waals surface area contributed by atoms with E-state index in [0.717, 1.165) is 23.2 Å². The number of nitrogens with one attached hydrogen (secondary N) is 1. The molecule has 0 aromatic carbocycles. The Bertz CT molecular complexity index is 929. The molecule has 5 rings (SSSR count). The van der Waals surface area contributed by atoms with Gasteiger partial charge in [0.1, 0.15) is 5.60 Å². The number of imidazole rings is 1. The lowest BCUT2D eigenvalue weighted by molar-refractivity contribution is -0.0551. The summed E-state index contributed by atoms with van der Waals surface area (Å²) in [6, 6.07) is 4.23. The molecule has 1 N–H and O–H groups in total. The first kappa shape index (κ1) is 15.6. The third kappa shape index (κ3) is 2.45. The quantitative estimate of drug-likeness (QED) is 0.754. The Balaban J connectivity index is 1.47. The minimum Gasteiger partial charge on any atom is -0.456 e. The van der Waals surface area contributed by atoms with Crippen molar-refractivity contribution in [2.45, 2.75) is 31.2 Å². The summed E-state index contributed by atoms with van der Waals surface area (Å²) in [6.45, 7) is 3.23. The van der Waals surface area contributed by atoms with Crippen molar-refractivity contribution in [2.24, 2.45) is 0 Å². The molecule has 2 fully saturated rings. The topological polar surface area (TPSA) is 69.3 Å². The van der Waals surface area contributed by atoms with Crippen LogP contribution in [0.3, 0.4) is 0 Å². The van der Waals surface area contributed by atoms with Crippen LogP contribution in [-0.2, 0) is 9.47 Å². The molecule has 5 heterocycles. The molecule has 0 amide bonds. The number of nitrogens with zero attached hydrogens (tertiary/aromatic N) is 2. The molecule has 3 aromatic heterocycles. The number of hydrogen-bond acceptors (Lipinski definition) is 6. The number of thiophene rings is 1. The summed E-state index contributed by atoms with van der Waals surface area (Å²) in [5.41, 5.74) is 2.61. The van der Waals surface area contributed by atoms with E-state index in [-0.39, 0.29) is 12.2 Å². The molecule has 2 aliphatic rings. The van der Waals surface area contributed by atoms with Crippen LogP contribution in [0.1, 0.15) is 13.3 Å². The highest BCUT2D eigenvalue weighted by Gasteiger charge is 2.54. The van der Waals surface area contributed by atoms with E-state index in [1.165, 1.54) is 0 Å². The van der Waals surface area contributed by atoms with Crippen LogP contribution in [0.25, 0.3) is 22.4 Å². The first-order chi connectivity index (χ1) is 12.1. The maximum atomic E-state index is 6.38. The van der Waals surface area contributed by atoms with Crippen molar-refractivity contribution in [2.75, 3.05) is 13.2 Å². The normalized spacial score (nSPS) is 28.6. The summed E-state index contributed by atoms with van der Waals surface area (Å²) in [6.07, 6.45) is 0.782. The fraction of sp³-hybridized carbons (Fsp3) is 0.412. The Kier molecular flexibility index (Phi) is 3.53. The number of pyridine rings is 1. The van der Waals surface area contributed by atoms with E-state index in [2.05, 4.69) is 15.0 Å². The molecule has 0 saturated carbocycles. The first-order valence-corrected chi connectivity index (χ1v) is 9.46. The lowest BCUT2D eigenvalue weighted by Gasteiger charge is -2.27. The predicted octanol–water partition coefficient (Wildman–Crippen LogP) is 3.67. The van der Waals surface area contributed by atoms with Crippen molar-refractivity contribution >= 4 is 34.1 Å². The Labute approximate surface area is 153 Å². The Morgan fingerprint density at radius 1 is 1.44 bits per heavy atom. The van der Waals surface area contributed by atoms with Crippen molar-refractivity contribution in [3.63, 3.8) is 0 Å². The van der Waals surface area contributed by atoms with E-state index >= 15 is 0 Å². The van der Waals surface area contributed by atoms with Gasteiger partial charge in [0.05, 0.1) is 35.6 Å². The standard InChI is InChI=1S/C17H16ClN3O3S/c1-17-12(2-4-23-17)22-7-13(17)24-16-19-11-6-10(18)14(20-15(11)21-16)9-3-5-25-8-9/h3,5-6,8,12-13H,2,4,7H2,1H3,(H,19,20,21)/t12-,13?,17+/m1/s1. The number of halogens is 1. The Hall–Kier alpha value is -1.67. The lowest BCUT2D eigenvalue weighted by atomic mass is 9.96. The van der Waals surface area contributed by atoms with Gasteiger partial charge in [-0.25, -0.2) is 4.98 Å². The predicted molar refractivity (Wildman–Crippen MR) is 95.3 cm³/mol. The number of H-pyrrole nitrogens is 1. The van der Waals surface area contributed by atoms with Crippen LogP contribution in [0, 0.1) is 0 Å². The zero-order valence-corrected chi connectivity index (χ0v) is 15.1. The molecule has 0 aliphatic carbocycles.